The second-order valence-electron chi connectivity index (χ2n) is 5.74. The van der Waals surface area contributed by atoms with Gasteiger partial charge in [0.1, 0.15) is 15.6 Å². The third kappa shape index (κ3) is 3.41. The molecule has 0 aliphatic carbocycles. The van der Waals surface area contributed by atoms with Crippen LogP contribution >= 0.6 is 11.3 Å². The number of nitrogen functional groups attached to an aromatic ring is 1. The molecule has 1 aromatic heterocycles. The summed E-state index contributed by atoms with van der Waals surface area (Å²) in [4.78, 5) is 16.3. The number of primary amides is 1. The number of carbonyl (C=O) groups excluding carboxylic acids is 1. The standard InChI is InChI=1S/C14H24N4O2S/c1-17(2)8-9-4-6-18(7-5-9)14-11(20-3)10(15)12(21-14)13(16)19/h9H,4-8,15H2,1-3H3,(H2,16,19). The summed E-state index contributed by atoms with van der Waals surface area (Å²) in [6, 6.07) is 0. The van der Waals surface area contributed by atoms with E-state index in [4.69, 9.17) is 16.2 Å². The van der Waals surface area contributed by atoms with Crippen LogP contribution in [0.25, 0.3) is 0 Å². The first-order chi connectivity index (χ1) is 9.93. The number of thiophene rings is 1. The third-order valence-electron chi connectivity index (χ3n) is 3.84. The van der Waals surface area contributed by atoms with Crippen molar-refractivity contribution in [3.63, 3.8) is 0 Å². The van der Waals surface area contributed by atoms with Gasteiger partial charge in [-0.2, -0.15) is 0 Å². The fourth-order valence-corrected chi connectivity index (χ4v) is 3.93. The molecule has 7 heteroatoms. The van der Waals surface area contributed by atoms with Gasteiger partial charge in [-0.3, -0.25) is 4.79 Å². The molecular weight excluding hydrogens is 288 g/mol. The molecule has 118 valence electrons. The molecule has 0 aromatic carbocycles. The lowest BCUT2D eigenvalue weighted by Crippen LogP contribution is -2.36. The molecule has 1 amide bonds. The number of hydrogen-bond acceptors (Lipinski definition) is 6. The van der Waals surface area contributed by atoms with E-state index in [0.29, 0.717) is 16.3 Å². The molecule has 1 aliphatic rings. The van der Waals surface area contributed by atoms with Crippen LogP contribution in [0.1, 0.15) is 22.5 Å². The summed E-state index contributed by atoms with van der Waals surface area (Å²) < 4.78 is 5.38. The molecule has 1 saturated heterocycles. The molecule has 0 atom stereocenters. The van der Waals surface area contributed by atoms with E-state index in [2.05, 4.69) is 23.9 Å². The molecule has 1 aliphatic heterocycles. The lowest BCUT2D eigenvalue weighted by atomic mass is 9.96. The lowest BCUT2D eigenvalue weighted by molar-refractivity contribution is 0.100. The average Bonchev–Trinajstić information content (AvgIpc) is 2.76. The minimum atomic E-state index is -0.496. The highest BCUT2D eigenvalue weighted by molar-refractivity contribution is 7.19. The molecule has 21 heavy (non-hydrogen) atoms. The van der Waals surface area contributed by atoms with Gasteiger partial charge in [0.2, 0.25) is 0 Å². The molecule has 0 radical (unpaired) electrons. The number of hydrogen-bond donors (Lipinski definition) is 2. The molecule has 4 N–H and O–H groups in total. The van der Waals surface area contributed by atoms with Crippen LogP contribution in [0.15, 0.2) is 0 Å². The molecule has 2 heterocycles. The van der Waals surface area contributed by atoms with E-state index in [1.807, 2.05) is 0 Å². The number of piperidine rings is 1. The highest BCUT2D eigenvalue weighted by Gasteiger charge is 2.27. The Labute approximate surface area is 129 Å². The van der Waals surface area contributed by atoms with Crippen LogP contribution in [0.5, 0.6) is 5.75 Å². The fourth-order valence-electron chi connectivity index (χ4n) is 2.84. The molecule has 1 fully saturated rings. The van der Waals surface area contributed by atoms with Crippen LogP contribution < -0.4 is 21.1 Å². The summed E-state index contributed by atoms with van der Waals surface area (Å²) in [5.41, 5.74) is 11.7. The van der Waals surface area contributed by atoms with Gasteiger partial charge in [-0.25, -0.2) is 0 Å². The fraction of sp³-hybridized carbons (Fsp3) is 0.643. The molecule has 1 aromatic rings. The normalized spacial score (nSPS) is 16.5. The van der Waals surface area contributed by atoms with Gasteiger partial charge in [0, 0.05) is 19.6 Å². The van der Waals surface area contributed by atoms with Crippen molar-refractivity contribution in [2.45, 2.75) is 12.8 Å². The van der Waals surface area contributed by atoms with Gasteiger partial charge in [0.25, 0.3) is 5.91 Å². The summed E-state index contributed by atoms with van der Waals surface area (Å²) in [6.07, 6.45) is 2.26. The number of nitrogens with zero attached hydrogens (tertiary/aromatic N) is 2. The predicted molar refractivity (Wildman–Crippen MR) is 87.3 cm³/mol. The number of methoxy groups -OCH3 is 1. The van der Waals surface area contributed by atoms with Crippen molar-refractivity contribution in [2.24, 2.45) is 11.7 Å². The molecule has 0 bridgehead atoms. The summed E-state index contributed by atoms with van der Waals surface area (Å²) >= 11 is 1.33. The van der Waals surface area contributed by atoms with Gasteiger partial charge >= 0.3 is 0 Å². The number of carbonyl (C=O) groups is 1. The van der Waals surface area contributed by atoms with Crippen molar-refractivity contribution in [3.05, 3.63) is 4.88 Å². The van der Waals surface area contributed by atoms with E-state index in [1.165, 1.54) is 11.3 Å². The van der Waals surface area contributed by atoms with Gasteiger partial charge in [-0.15, -0.1) is 11.3 Å². The molecule has 0 saturated carbocycles. The minimum absolute atomic E-state index is 0.361. The van der Waals surface area contributed by atoms with Gasteiger partial charge < -0.3 is 26.0 Å². The quantitative estimate of drug-likeness (QED) is 0.854. The van der Waals surface area contributed by atoms with E-state index in [9.17, 15) is 4.79 Å². The van der Waals surface area contributed by atoms with Crippen molar-refractivity contribution in [3.8, 4) is 5.75 Å². The molecule has 6 nitrogen and oxygen atoms in total. The topological polar surface area (TPSA) is 84.8 Å². The van der Waals surface area contributed by atoms with Crippen molar-refractivity contribution >= 4 is 27.9 Å². The van der Waals surface area contributed by atoms with Crippen LogP contribution in [0, 0.1) is 5.92 Å². The number of anilines is 2. The molecule has 0 unspecified atom stereocenters. The van der Waals surface area contributed by atoms with Gasteiger partial charge in [0.15, 0.2) is 5.75 Å². The van der Waals surface area contributed by atoms with E-state index in [0.717, 1.165) is 43.4 Å². The van der Waals surface area contributed by atoms with Crippen molar-refractivity contribution in [1.29, 1.82) is 0 Å². The van der Waals surface area contributed by atoms with Crippen molar-refractivity contribution < 1.29 is 9.53 Å². The van der Waals surface area contributed by atoms with Crippen LogP contribution in [0.2, 0.25) is 0 Å². The summed E-state index contributed by atoms with van der Waals surface area (Å²) in [5.74, 6) is 0.805. The zero-order valence-corrected chi connectivity index (χ0v) is 13.7. The molecular formula is C14H24N4O2S. The van der Waals surface area contributed by atoms with Gasteiger partial charge in [-0.05, 0) is 32.9 Å². The Morgan fingerprint density at radius 3 is 2.52 bits per heavy atom. The van der Waals surface area contributed by atoms with E-state index in [-0.39, 0.29) is 0 Å². The van der Waals surface area contributed by atoms with Crippen molar-refractivity contribution in [2.75, 3.05) is 51.5 Å². The number of ether oxygens (including phenoxy) is 1. The minimum Gasteiger partial charge on any atom is -0.492 e. The Bertz CT molecular complexity index is 507. The molecule has 2 rings (SSSR count). The van der Waals surface area contributed by atoms with Crippen LogP contribution in [0.4, 0.5) is 10.7 Å². The Balaban J connectivity index is 2.13. The SMILES string of the molecule is COc1c(N2CCC(CN(C)C)CC2)sc(C(N)=O)c1N. The summed E-state index contributed by atoms with van der Waals surface area (Å²) in [6.45, 7) is 3.02. The van der Waals surface area contributed by atoms with Crippen LogP contribution in [-0.4, -0.2) is 51.6 Å². The van der Waals surface area contributed by atoms with Crippen molar-refractivity contribution in [1.82, 2.24) is 4.90 Å². The number of rotatable bonds is 5. The largest absolute Gasteiger partial charge is 0.492 e. The second kappa shape index (κ2) is 6.53. The van der Waals surface area contributed by atoms with Crippen LogP contribution in [0.3, 0.4) is 0 Å². The Morgan fingerprint density at radius 1 is 1.43 bits per heavy atom. The number of nitrogens with two attached hydrogens (primary N) is 2. The smallest absolute Gasteiger partial charge is 0.261 e. The Hall–Kier alpha value is -1.47. The maximum Gasteiger partial charge on any atom is 0.261 e. The Morgan fingerprint density at radius 2 is 2.05 bits per heavy atom. The van der Waals surface area contributed by atoms with Gasteiger partial charge in [-0.1, -0.05) is 0 Å². The first-order valence-electron chi connectivity index (χ1n) is 7.09. The number of amides is 1. The summed E-state index contributed by atoms with van der Waals surface area (Å²) in [7, 11) is 5.79. The maximum atomic E-state index is 11.4. The summed E-state index contributed by atoms with van der Waals surface area (Å²) in [5, 5.41) is 0.923. The predicted octanol–water partition coefficient (Wildman–Crippen LogP) is 1.22. The zero-order valence-electron chi connectivity index (χ0n) is 12.9. The highest BCUT2D eigenvalue weighted by atomic mass is 32.1. The average molecular weight is 312 g/mol. The maximum absolute atomic E-state index is 11.4. The monoisotopic (exact) mass is 312 g/mol. The Kier molecular flexibility index (Phi) is 4.95. The first kappa shape index (κ1) is 15.9. The third-order valence-corrected chi connectivity index (χ3v) is 5.10. The zero-order chi connectivity index (χ0) is 15.6. The second-order valence-corrected chi connectivity index (χ2v) is 6.74. The first-order valence-corrected chi connectivity index (χ1v) is 7.91. The van der Waals surface area contributed by atoms with Gasteiger partial charge in [0.05, 0.1) is 7.11 Å². The van der Waals surface area contributed by atoms with E-state index < -0.39 is 5.91 Å². The van der Waals surface area contributed by atoms with Crippen LogP contribution in [-0.2, 0) is 0 Å². The lowest BCUT2D eigenvalue weighted by Gasteiger charge is -2.34. The molecule has 0 spiro atoms. The van der Waals surface area contributed by atoms with E-state index >= 15 is 0 Å². The highest BCUT2D eigenvalue weighted by Crippen LogP contribution is 2.45. The van der Waals surface area contributed by atoms with E-state index in [1.54, 1.807) is 7.11 Å².